The minimum Gasteiger partial charge on any atom is -0.495 e. The highest BCUT2D eigenvalue weighted by molar-refractivity contribution is 7.19. The fourth-order valence-corrected chi connectivity index (χ4v) is 2.40. The van der Waals surface area contributed by atoms with Crippen LogP contribution in [0.1, 0.15) is 0 Å². The first-order valence-electron chi connectivity index (χ1n) is 4.40. The number of hydrogen-bond donors (Lipinski definition) is 1. The highest BCUT2D eigenvalue weighted by Gasteiger charge is 2.04. The van der Waals surface area contributed by atoms with Crippen molar-refractivity contribution in [2.45, 2.75) is 0 Å². The molecule has 0 aliphatic rings. The average molecular weight is 240 g/mol. The minimum atomic E-state index is 0.638. The molecule has 0 aliphatic heterocycles. The standard InChI is InChI=1S/C11H10ClNOS/c1-14-9-3-2-7(6-8(9)13)10-4-5-11(12)15-10/h2-6H,13H2,1H3. The number of hydrogen-bond acceptors (Lipinski definition) is 3. The van der Waals surface area contributed by atoms with E-state index < -0.39 is 0 Å². The summed E-state index contributed by atoms with van der Waals surface area (Å²) < 4.78 is 5.87. The zero-order chi connectivity index (χ0) is 10.8. The van der Waals surface area contributed by atoms with Crippen LogP contribution < -0.4 is 10.5 Å². The molecular weight excluding hydrogens is 230 g/mol. The molecule has 2 aromatic rings. The lowest BCUT2D eigenvalue weighted by Crippen LogP contribution is -1.91. The summed E-state index contributed by atoms with van der Waals surface area (Å²) in [5.41, 5.74) is 7.52. The summed E-state index contributed by atoms with van der Waals surface area (Å²) in [6.07, 6.45) is 0. The Morgan fingerprint density at radius 1 is 1.27 bits per heavy atom. The molecule has 0 saturated carbocycles. The lowest BCUT2D eigenvalue weighted by atomic mass is 10.1. The lowest BCUT2D eigenvalue weighted by molar-refractivity contribution is 0.417. The van der Waals surface area contributed by atoms with Crippen molar-refractivity contribution in [3.05, 3.63) is 34.7 Å². The molecule has 1 aromatic carbocycles. The van der Waals surface area contributed by atoms with E-state index in [1.54, 1.807) is 7.11 Å². The number of nitrogen functional groups attached to an aromatic ring is 1. The van der Waals surface area contributed by atoms with Gasteiger partial charge in [0.15, 0.2) is 0 Å². The van der Waals surface area contributed by atoms with Crippen molar-refractivity contribution >= 4 is 28.6 Å². The normalized spacial score (nSPS) is 10.3. The number of methoxy groups -OCH3 is 1. The number of rotatable bonds is 2. The van der Waals surface area contributed by atoms with E-state index in [0.29, 0.717) is 11.4 Å². The molecule has 2 nitrogen and oxygen atoms in total. The monoisotopic (exact) mass is 239 g/mol. The maximum absolute atomic E-state index is 5.87. The molecule has 0 atom stereocenters. The van der Waals surface area contributed by atoms with Crippen LogP contribution in [0.25, 0.3) is 10.4 Å². The first kappa shape index (κ1) is 10.3. The van der Waals surface area contributed by atoms with Crippen molar-refractivity contribution < 1.29 is 4.74 Å². The van der Waals surface area contributed by atoms with E-state index in [0.717, 1.165) is 14.8 Å². The number of ether oxygens (including phenoxy) is 1. The molecule has 2 N–H and O–H groups in total. The second-order valence-corrected chi connectivity index (χ2v) is 4.78. The zero-order valence-corrected chi connectivity index (χ0v) is 9.73. The van der Waals surface area contributed by atoms with E-state index in [1.807, 2.05) is 30.3 Å². The van der Waals surface area contributed by atoms with Crippen molar-refractivity contribution in [2.24, 2.45) is 0 Å². The molecule has 78 valence electrons. The number of benzene rings is 1. The van der Waals surface area contributed by atoms with Crippen molar-refractivity contribution in [3.63, 3.8) is 0 Å². The second-order valence-electron chi connectivity index (χ2n) is 3.06. The van der Waals surface area contributed by atoms with Crippen LogP contribution in [0.2, 0.25) is 4.34 Å². The van der Waals surface area contributed by atoms with E-state index >= 15 is 0 Å². The van der Waals surface area contributed by atoms with E-state index in [9.17, 15) is 0 Å². The van der Waals surface area contributed by atoms with Crippen LogP contribution in [-0.4, -0.2) is 7.11 Å². The Hall–Kier alpha value is -1.19. The lowest BCUT2D eigenvalue weighted by Gasteiger charge is -2.05. The van der Waals surface area contributed by atoms with Crippen LogP contribution in [0, 0.1) is 0 Å². The van der Waals surface area contributed by atoms with Crippen LogP contribution in [0.4, 0.5) is 5.69 Å². The molecule has 1 aromatic heterocycles. The van der Waals surface area contributed by atoms with Gasteiger partial charge in [-0.15, -0.1) is 11.3 Å². The molecule has 4 heteroatoms. The minimum absolute atomic E-state index is 0.638. The maximum Gasteiger partial charge on any atom is 0.141 e. The van der Waals surface area contributed by atoms with Gasteiger partial charge in [0.05, 0.1) is 17.1 Å². The third-order valence-corrected chi connectivity index (χ3v) is 3.37. The Kier molecular flexibility index (Phi) is 2.84. The van der Waals surface area contributed by atoms with E-state index in [2.05, 4.69) is 0 Å². The Balaban J connectivity index is 2.42. The Bertz CT molecular complexity index is 481. The van der Waals surface area contributed by atoms with Gasteiger partial charge in [0.2, 0.25) is 0 Å². The highest BCUT2D eigenvalue weighted by atomic mass is 35.5. The molecule has 0 amide bonds. The first-order valence-corrected chi connectivity index (χ1v) is 5.59. The maximum atomic E-state index is 5.87. The van der Waals surface area contributed by atoms with Gasteiger partial charge in [-0.3, -0.25) is 0 Å². The number of nitrogens with two attached hydrogens (primary N) is 1. The molecule has 0 unspecified atom stereocenters. The van der Waals surface area contributed by atoms with Gasteiger partial charge >= 0.3 is 0 Å². The van der Waals surface area contributed by atoms with Gasteiger partial charge in [-0.05, 0) is 35.9 Å². The summed E-state index contributed by atoms with van der Waals surface area (Å²) in [5, 5.41) is 0. The van der Waals surface area contributed by atoms with Crippen LogP contribution >= 0.6 is 22.9 Å². The quantitative estimate of drug-likeness (QED) is 0.812. The van der Waals surface area contributed by atoms with Crippen LogP contribution in [0.3, 0.4) is 0 Å². The summed E-state index contributed by atoms with van der Waals surface area (Å²) in [4.78, 5) is 1.11. The van der Waals surface area contributed by atoms with Crippen molar-refractivity contribution in [2.75, 3.05) is 12.8 Å². The van der Waals surface area contributed by atoms with E-state index in [4.69, 9.17) is 22.1 Å². The molecule has 0 saturated heterocycles. The predicted molar refractivity (Wildman–Crippen MR) is 65.7 cm³/mol. The molecule has 1 heterocycles. The summed E-state index contributed by atoms with van der Waals surface area (Å²) in [5.74, 6) is 0.696. The molecule has 0 bridgehead atoms. The van der Waals surface area contributed by atoms with Gasteiger partial charge in [0.1, 0.15) is 5.75 Å². The molecule has 2 rings (SSSR count). The van der Waals surface area contributed by atoms with Gasteiger partial charge in [0.25, 0.3) is 0 Å². The number of halogens is 1. The largest absolute Gasteiger partial charge is 0.495 e. The van der Waals surface area contributed by atoms with E-state index in [1.165, 1.54) is 11.3 Å². The molecular formula is C11H10ClNOS. The smallest absolute Gasteiger partial charge is 0.141 e. The fraction of sp³-hybridized carbons (Fsp3) is 0.0909. The molecule has 15 heavy (non-hydrogen) atoms. The zero-order valence-electron chi connectivity index (χ0n) is 8.16. The summed E-state index contributed by atoms with van der Waals surface area (Å²) in [6.45, 7) is 0. The van der Waals surface area contributed by atoms with Crippen molar-refractivity contribution in [1.82, 2.24) is 0 Å². The summed E-state index contributed by atoms with van der Waals surface area (Å²) in [6, 6.07) is 9.58. The van der Waals surface area contributed by atoms with Gasteiger partial charge in [0, 0.05) is 4.88 Å². The SMILES string of the molecule is COc1ccc(-c2ccc(Cl)s2)cc1N. The molecule has 0 fully saturated rings. The highest BCUT2D eigenvalue weighted by Crippen LogP contribution is 2.34. The second kappa shape index (κ2) is 4.13. The fourth-order valence-electron chi connectivity index (χ4n) is 1.36. The van der Waals surface area contributed by atoms with Gasteiger partial charge in [-0.25, -0.2) is 0 Å². The van der Waals surface area contributed by atoms with Crippen LogP contribution in [-0.2, 0) is 0 Å². The first-order chi connectivity index (χ1) is 7.20. The number of thiophene rings is 1. The third kappa shape index (κ3) is 2.08. The predicted octanol–water partition coefficient (Wildman–Crippen LogP) is 3.66. The van der Waals surface area contributed by atoms with Crippen LogP contribution in [0.15, 0.2) is 30.3 Å². The van der Waals surface area contributed by atoms with E-state index in [-0.39, 0.29) is 0 Å². The average Bonchev–Trinajstić information content (AvgIpc) is 2.65. The topological polar surface area (TPSA) is 35.2 Å². The molecule has 0 spiro atoms. The van der Waals surface area contributed by atoms with Gasteiger partial charge < -0.3 is 10.5 Å². The van der Waals surface area contributed by atoms with Crippen molar-refractivity contribution in [3.8, 4) is 16.2 Å². The Morgan fingerprint density at radius 2 is 2.07 bits per heavy atom. The van der Waals surface area contributed by atoms with Crippen LogP contribution in [0.5, 0.6) is 5.75 Å². The summed E-state index contributed by atoms with van der Waals surface area (Å²) >= 11 is 7.40. The van der Waals surface area contributed by atoms with Crippen molar-refractivity contribution in [1.29, 1.82) is 0 Å². The Morgan fingerprint density at radius 3 is 2.60 bits per heavy atom. The number of anilines is 1. The molecule has 0 aliphatic carbocycles. The van der Waals surface area contributed by atoms with Gasteiger partial charge in [-0.1, -0.05) is 11.6 Å². The Labute approximate surface area is 97.3 Å². The third-order valence-electron chi connectivity index (χ3n) is 2.09. The van der Waals surface area contributed by atoms with Gasteiger partial charge in [-0.2, -0.15) is 0 Å². The molecule has 0 radical (unpaired) electrons. The summed E-state index contributed by atoms with van der Waals surface area (Å²) in [7, 11) is 1.60.